The van der Waals surface area contributed by atoms with Gasteiger partial charge in [0.05, 0.1) is 13.2 Å². The highest BCUT2D eigenvalue weighted by Gasteiger charge is 2.28. The van der Waals surface area contributed by atoms with Crippen LogP contribution in [0.2, 0.25) is 0 Å². The monoisotopic (exact) mass is 171 g/mol. The van der Waals surface area contributed by atoms with E-state index in [-0.39, 0.29) is 0 Å². The van der Waals surface area contributed by atoms with E-state index in [0.29, 0.717) is 18.1 Å². The molecule has 1 rings (SSSR count). The molecule has 0 aromatic rings. The van der Waals surface area contributed by atoms with Crippen LogP contribution in [0.15, 0.2) is 0 Å². The van der Waals surface area contributed by atoms with Crippen LogP contribution in [0.3, 0.4) is 0 Å². The smallest absolute Gasteiger partial charge is 0.0620 e. The molecule has 0 saturated carbocycles. The maximum atomic E-state index is 5.48. The second-order valence-electron chi connectivity index (χ2n) is 3.94. The van der Waals surface area contributed by atoms with E-state index < -0.39 is 0 Å². The van der Waals surface area contributed by atoms with Crippen LogP contribution in [0.1, 0.15) is 34.1 Å². The summed E-state index contributed by atoms with van der Waals surface area (Å²) >= 11 is 0. The van der Waals surface area contributed by atoms with Crippen molar-refractivity contribution in [3.05, 3.63) is 0 Å². The molecule has 3 atom stereocenters. The van der Waals surface area contributed by atoms with Gasteiger partial charge in [-0.3, -0.25) is 4.90 Å². The molecule has 0 spiro atoms. The van der Waals surface area contributed by atoms with E-state index in [4.69, 9.17) is 4.74 Å². The van der Waals surface area contributed by atoms with Gasteiger partial charge in [0.15, 0.2) is 0 Å². The van der Waals surface area contributed by atoms with Gasteiger partial charge in [0, 0.05) is 18.1 Å². The van der Waals surface area contributed by atoms with E-state index in [0.717, 1.165) is 13.2 Å². The van der Waals surface area contributed by atoms with Crippen LogP contribution in [0.4, 0.5) is 0 Å². The lowest BCUT2D eigenvalue weighted by atomic mass is 10.1. The first-order valence-corrected chi connectivity index (χ1v) is 5.02. The fraction of sp³-hybridized carbons (Fsp3) is 1.00. The highest BCUT2D eigenvalue weighted by molar-refractivity contribution is 4.81. The molecule has 0 N–H and O–H groups in total. The molecule has 3 unspecified atom stereocenters. The highest BCUT2D eigenvalue weighted by atomic mass is 16.5. The average Bonchev–Trinajstić information content (AvgIpc) is 2.03. The van der Waals surface area contributed by atoms with E-state index in [9.17, 15) is 0 Å². The molecule has 0 amide bonds. The Morgan fingerprint density at radius 1 is 1.33 bits per heavy atom. The van der Waals surface area contributed by atoms with Crippen molar-refractivity contribution in [2.45, 2.75) is 52.2 Å². The molecule has 0 aromatic heterocycles. The highest BCUT2D eigenvalue weighted by Crippen LogP contribution is 2.17. The SMILES string of the molecule is CCC(C)N1C(C)COCC1C. The Morgan fingerprint density at radius 2 is 1.83 bits per heavy atom. The number of hydrogen-bond donors (Lipinski definition) is 0. The Morgan fingerprint density at radius 3 is 2.25 bits per heavy atom. The van der Waals surface area contributed by atoms with Gasteiger partial charge in [-0.2, -0.15) is 0 Å². The molecule has 0 aliphatic carbocycles. The van der Waals surface area contributed by atoms with E-state index >= 15 is 0 Å². The van der Waals surface area contributed by atoms with Gasteiger partial charge in [-0.1, -0.05) is 6.92 Å². The Kier molecular flexibility index (Phi) is 3.53. The molecule has 72 valence electrons. The third-order valence-corrected chi connectivity index (χ3v) is 2.84. The van der Waals surface area contributed by atoms with Gasteiger partial charge in [-0.15, -0.1) is 0 Å². The van der Waals surface area contributed by atoms with Gasteiger partial charge in [0.25, 0.3) is 0 Å². The van der Waals surface area contributed by atoms with Gasteiger partial charge in [0.2, 0.25) is 0 Å². The Labute approximate surface area is 75.9 Å². The molecule has 1 aliphatic heterocycles. The number of hydrogen-bond acceptors (Lipinski definition) is 2. The number of nitrogens with zero attached hydrogens (tertiary/aromatic N) is 1. The van der Waals surface area contributed by atoms with Crippen molar-refractivity contribution in [2.24, 2.45) is 0 Å². The third-order valence-electron chi connectivity index (χ3n) is 2.84. The molecule has 1 fully saturated rings. The summed E-state index contributed by atoms with van der Waals surface area (Å²) in [4.78, 5) is 2.57. The maximum absolute atomic E-state index is 5.48. The summed E-state index contributed by atoms with van der Waals surface area (Å²) in [6.07, 6.45) is 1.23. The second kappa shape index (κ2) is 4.24. The van der Waals surface area contributed by atoms with Crippen molar-refractivity contribution < 1.29 is 4.74 Å². The van der Waals surface area contributed by atoms with Crippen molar-refractivity contribution in [1.82, 2.24) is 4.90 Å². The van der Waals surface area contributed by atoms with Crippen LogP contribution in [-0.2, 0) is 4.74 Å². The van der Waals surface area contributed by atoms with Crippen molar-refractivity contribution in [3.8, 4) is 0 Å². The van der Waals surface area contributed by atoms with Gasteiger partial charge in [0.1, 0.15) is 0 Å². The summed E-state index contributed by atoms with van der Waals surface area (Å²) in [6.45, 7) is 10.9. The van der Waals surface area contributed by atoms with Crippen LogP contribution in [0.25, 0.3) is 0 Å². The zero-order chi connectivity index (χ0) is 9.14. The van der Waals surface area contributed by atoms with Crippen LogP contribution in [0, 0.1) is 0 Å². The maximum Gasteiger partial charge on any atom is 0.0620 e. The first kappa shape index (κ1) is 10.0. The molecule has 1 saturated heterocycles. The van der Waals surface area contributed by atoms with Crippen molar-refractivity contribution >= 4 is 0 Å². The Hall–Kier alpha value is -0.0800. The van der Waals surface area contributed by atoms with E-state index in [1.54, 1.807) is 0 Å². The van der Waals surface area contributed by atoms with Crippen LogP contribution in [0.5, 0.6) is 0 Å². The van der Waals surface area contributed by atoms with Gasteiger partial charge in [-0.25, -0.2) is 0 Å². The molecule has 1 aliphatic rings. The number of ether oxygens (including phenoxy) is 1. The summed E-state index contributed by atoms with van der Waals surface area (Å²) < 4.78 is 5.48. The predicted octanol–water partition coefficient (Wildman–Crippen LogP) is 1.89. The van der Waals surface area contributed by atoms with E-state index in [1.165, 1.54) is 6.42 Å². The lowest BCUT2D eigenvalue weighted by Crippen LogP contribution is -2.53. The molecular weight excluding hydrogens is 150 g/mol. The lowest BCUT2D eigenvalue weighted by Gasteiger charge is -2.42. The fourth-order valence-electron chi connectivity index (χ4n) is 2.10. The Bertz CT molecular complexity index is 122. The summed E-state index contributed by atoms with van der Waals surface area (Å²) in [6, 6.07) is 1.87. The van der Waals surface area contributed by atoms with Crippen molar-refractivity contribution in [2.75, 3.05) is 13.2 Å². The van der Waals surface area contributed by atoms with Crippen LogP contribution < -0.4 is 0 Å². The number of rotatable bonds is 2. The number of morpholine rings is 1. The van der Waals surface area contributed by atoms with Crippen molar-refractivity contribution in [1.29, 1.82) is 0 Å². The summed E-state index contributed by atoms with van der Waals surface area (Å²) in [7, 11) is 0. The molecule has 2 heteroatoms. The molecule has 12 heavy (non-hydrogen) atoms. The fourth-order valence-corrected chi connectivity index (χ4v) is 2.10. The van der Waals surface area contributed by atoms with E-state index in [2.05, 4.69) is 32.6 Å². The zero-order valence-electron chi connectivity index (χ0n) is 8.71. The largest absolute Gasteiger partial charge is 0.378 e. The Balaban J connectivity index is 2.56. The molecule has 0 radical (unpaired) electrons. The predicted molar refractivity (Wildman–Crippen MR) is 51.3 cm³/mol. The molecular formula is C10H21NO. The summed E-state index contributed by atoms with van der Waals surface area (Å²) in [5.74, 6) is 0. The quantitative estimate of drug-likeness (QED) is 0.629. The molecule has 1 heterocycles. The minimum Gasteiger partial charge on any atom is -0.378 e. The minimum atomic E-state index is 0.587. The second-order valence-corrected chi connectivity index (χ2v) is 3.94. The molecule has 0 bridgehead atoms. The van der Waals surface area contributed by atoms with Gasteiger partial charge >= 0.3 is 0 Å². The standard InChI is InChI=1S/C10H21NO/c1-5-8(2)11-9(3)6-12-7-10(11)4/h8-10H,5-7H2,1-4H3. The zero-order valence-corrected chi connectivity index (χ0v) is 8.71. The molecule has 0 aromatic carbocycles. The first-order chi connectivity index (χ1) is 5.66. The summed E-state index contributed by atoms with van der Waals surface area (Å²) in [5, 5.41) is 0. The first-order valence-electron chi connectivity index (χ1n) is 5.02. The van der Waals surface area contributed by atoms with Crippen molar-refractivity contribution in [3.63, 3.8) is 0 Å². The van der Waals surface area contributed by atoms with Gasteiger partial charge in [-0.05, 0) is 27.2 Å². The van der Waals surface area contributed by atoms with Crippen LogP contribution in [-0.4, -0.2) is 36.2 Å². The van der Waals surface area contributed by atoms with Crippen LogP contribution >= 0.6 is 0 Å². The average molecular weight is 171 g/mol. The normalized spacial score (nSPS) is 35.0. The summed E-state index contributed by atoms with van der Waals surface area (Å²) in [5.41, 5.74) is 0. The van der Waals surface area contributed by atoms with Gasteiger partial charge < -0.3 is 4.74 Å². The van der Waals surface area contributed by atoms with E-state index in [1.807, 2.05) is 0 Å². The third kappa shape index (κ3) is 1.99. The minimum absolute atomic E-state index is 0.587. The molecule has 2 nitrogen and oxygen atoms in total. The topological polar surface area (TPSA) is 12.5 Å². The lowest BCUT2D eigenvalue weighted by molar-refractivity contribution is -0.0552.